The minimum absolute atomic E-state index is 0.139. The van der Waals surface area contributed by atoms with Crippen molar-refractivity contribution < 1.29 is 25.9 Å². The van der Waals surface area contributed by atoms with Gasteiger partial charge in [0.1, 0.15) is 18.3 Å². The molecule has 10 heteroatoms. The van der Waals surface area contributed by atoms with Gasteiger partial charge in [0.05, 0.1) is 5.08 Å². The fraction of sp³-hybridized carbons (Fsp3) is 1.00. The molecule has 0 N–H and O–H groups in total. The summed E-state index contributed by atoms with van der Waals surface area (Å²) in [7, 11) is -9.29. The topological polar surface area (TPSA) is 114 Å². The SMILES string of the molecule is O=S(=O)([O-])SCSS(=O)(=O)[O-]. The van der Waals surface area contributed by atoms with Crippen LogP contribution in [-0.2, 0) is 18.3 Å². The smallest absolute Gasteiger partial charge is 0.149 e. The highest BCUT2D eigenvalue weighted by Crippen LogP contribution is 2.20. The molecular formula is CH2O6S4-2. The molecule has 11 heavy (non-hydrogen) atoms. The van der Waals surface area contributed by atoms with E-state index in [4.69, 9.17) is 0 Å². The number of hydrogen-bond acceptors (Lipinski definition) is 8. The summed E-state index contributed by atoms with van der Waals surface area (Å²) in [6, 6.07) is 0. The molecule has 0 aromatic rings. The molecule has 0 aliphatic rings. The molecule has 0 rings (SSSR count). The molecule has 0 unspecified atom stereocenters. The molecule has 0 amide bonds. The Morgan fingerprint density at radius 2 is 1.18 bits per heavy atom. The minimum atomic E-state index is -4.50. The van der Waals surface area contributed by atoms with Crippen molar-refractivity contribution in [2.24, 2.45) is 0 Å². The standard InChI is InChI=1S/CH4O6S4/c2-10(3,4)8-1-9-11(5,6)7/h1H2,(H,2,3,4)(H,5,6,7)/p-2. The van der Waals surface area contributed by atoms with Gasteiger partial charge in [0.2, 0.25) is 0 Å². The van der Waals surface area contributed by atoms with E-state index < -0.39 is 23.4 Å². The molecule has 0 spiro atoms. The van der Waals surface area contributed by atoms with Crippen molar-refractivity contribution in [2.45, 2.75) is 0 Å². The molecule has 0 heterocycles. The van der Waals surface area contributed by atoms with Gasteiger partial charge in [-0.3, -0.25) is 0 Å². The van der Waals surface area contributed by atoms with Crippen LogP contribution in [0.1, 0.15) is 0 Å². The van der Waals surface area contributed by atoms with Crippen molar-refractivity contribution in [2.75, 3.05) is 5.08 Å². The highest BCUT2D eigenvalue weighted by Gasteiger charge is 1.99. The Balaban J connectivity index is 3.79. The van der Waals surface area contributed by atoms with Crippen molar-refractivity contribution in [1.82, 2.24) is 0 Å². The van der Waals surface area contributed by atoms with Gasteiger partial charge in [-0.25, -0.2) is 16.8 Å². The number of hydrogen-bond donors (Lipinski definition) is 0. The van der Waals surface area contributed by atoms with Crippen molar-refractivity contribution in [3.8, 4) is 0 Å². The molecular weight excluding hydrogens is 236 g/mol. The predicted octanol–water partition coefficient (Wildman–Crippen LogP) is -0.669. The molecule has 0 fully saturated rings. The van der Waals surface area contributed by atoms with Crippen LogP contribution in [-0.4, -0.2) is 31.0 Å². The summed E-state index contributed by atoms with van der Waals surface area (Å²) >= 11 is 0. The van der Waals surface area contributed by atoms with Crippen molar-refractivity contribution in [3.05, 3.63) is 0 Å². The second-order valence-electron chi connectivity index (χ2n) is 1.17. The average molecular weight is 238 g/mol. The number of rotatable bonds is 4. The Bertz CT molecular complexity index is 263. The van der Waals surface area contributed by atoms with Crippen molar-refractivity contribution in [3.63, 3.8) is 0 Å². The second kappa shape index (κ2) is 3.96. The van der Waals surface area contributed by atoms with Gasteiger partial charge in [0, 0.05) is 0 Å². The van der Waals surface area contributed by atoms with Gasteiger partial charge in [-0.2, -0.15) is 0 Å². The first kappa shape index (κ1) is 11.5. The quantitative estimate of drug-likeness (QED) is 0.360. The van der Waals surface area contributed by atoms with Gasteiger partial charge in [0.15, 0.2) is 0 Å². The molecule has 0 atom stereocenters. The van der Waals surface area contributed by atoms with Crippen LogP contribution in [0.4, 0.5) is 0 Å². The molecule has 0 aromatic heterocycles. The minimum Gasteiger partial charge on any atom is -0.739 e. The fourth-order valence-corrected chi connectivity index (χ4v) is 4.77. The van der Waals surface area contributed by atoms with E-state index in [0.717, 1.165) is 0 Å². The first-order valence-electron chi connectivity index (χ1n) is 1.91. The highest BCUT2D eigenvalue weighted by molar-refractivity contribution is 8.78. The van der Waals surface area contributed by atoms with Crippen LogP contribution < -0.4 is 0 Å². The lowest BCUT2D eigenvalue weighted by Crippen LogP contribution is -1.94. The van der Waals surface area contributed by atoms with Gasteiger partial charge in [-0.15, -0.1) is 0 Å². The summed E-state index contributed by atoms with van der Waals surface area (Å²) in [5.41, 5.74) is 0. The maximum atomic E-state index is 9.81. The Morgan fingerprint density at radius 1 is 0.909 bits per heavy atom. The van der Waals surface area contributed by atoms with E-state index in [9.17, 15) is 25.9 Å². The van der Waals surface area contributed by atoms with Crippen LogP contribution >= 0.6 is 21.6 Å². The lowest BCUT2D eigenvalue weighted by Gasteiger charge is -2.06. The van der Waals surface area contributed by atoms with Crippen LogP contribution in [0.2, 0.25) is 0 Å². The zero-order chi connectivity index (χ0) is 9.12. The van der Waals surface area contributed by atoms with E-state index in [1.165, 1.54) is 0 Å². The first-order valence-corrected chi connectivity index (χ1v) is 7.73. The average Bonchev–Trinajstić information content (AvgIpc) is 1.55. The van der Waals surface area contributed by atoms with Gasteiger partial charge < -0.3 is 9.11 Å². The highest BCUT2D eigenvalue weighted by atomic mass is 33.2. The maximum Gasteiger partial charge on any atom is 0.149 e. The molecule has 0 aliphatic heterocycles. The van der Waals surface area contributed by atoms with Crippen molar-refractivity contribution in [1.29, 1.82) is 0 Å². The Kier molecular flexibility index (Phi) is 4.15. The van der Waals surface area contributed by atoms with Crippen LogP contribution in [0.3, 0.4) is 0 Å². The lowest BCUT2D eigenvalue weighted by atomic mass is 11.9. The van der Waals surface area contributed by atoms with E-state index in [1.54, 1.807) is 0 Å². The molecule has 0 saturated heterocycles. The summed E-state index contributed by atoms with van der Waals surface area (Å²) in [6.45, 7) is 0. The van der Waals surface area contributed by atoms with Gasteiger partial charge in [-0.05, 0) is 21.6 Å². The summed E-state index contributed by atoms with van der Waals surface area (Å²) in [6.07, 6.45) is 0. The summed E-state index contributed by atoms with van der Waals surface area (Å²) in [4.78, 5) is 0. The second-order valence-corrected chi connectivity index (χ2v) is 8.08. The maximum absolute atomic E-state index is 9.81. The largest absolute Gasteiger partial charge is 0.739 e. The van der Waals surface area contributed by atoms with Crippen LogP contribution in [0.15, 0.2) is 0 Å². The molecule has 0 saturated carbocycles. The summed E-state index contributed by atoms with van der Waals surface area (Å²) in [5.74, 6) is 0. The normalized spacial score (nSPS) is 13.3. The van der Waals surface area contributed by atoms with Crippen LogP contribution in [0.25, 0.3) is 0 Å². The van der Waals surface area contributed by atoms with Gasteiger partial charge in [0.25, 0.3) is 0 Å². The van der Waals surface area contributed by atoms with Crippen LogP contribution in [0.5, 0.6) is 0 Å². The third kappa shape index (κ3) is 10.5. The van der Waals surface area contributed by atoms with E-state index in [2.05, 4.69) is 0 Å². The third-order valence-electron chi connectivity index (χ3n) is 0.385. The predicted molar refractivity (Wildman–Crippen MR) is 39.4 cm³/mol. The van der Waals surface area contributed by atoms with E-state index in [0.29, 0.717) is 0 Å². The Labute approximate surface area is 71.0 Å². The van der Waals surface area contributed by atoms with E-state index >= 15 is 0 Å². The van der Waals surface area contributed by atoms with E-state index in [1.807, 2.05) is 0 Å². The zero-order valence-electron chi connectivity index (χ0n) is 4.79. The lowest BCUT2D eigenvalue weighted by molar-refractivity contribution is 0.481. The van der Waals surface area contributed by atoms with Crippen LogP contribution in [0, 0.1) is 0 Å². The summed E-state index contributed by atoms with van der Waals surface area (Å²) < 4.78 is 58.9. The molecule has 0 radical (unpaired) electrons. The third-order valence-corrected chi connectivity index (χ3v) is 5.20. The molecule has 0 aliphatic carbocycles. The van der Waals surface area contributed by atoms with E-state index in [-0.39, 0.29) is 21.6 Å². The molecule has 68 valence electrons. The van der Waals surface area contributed by atoms with Gasteiger partial charge >= 0.3 is 0 Å². The first-order chi connectivity index (χ1) is 4.71. The summed E-state index contributed by atoms with van der Waals surface area (Å²) in [5, 5.41) is -0.600. The van der Waals surface area contributed by atoms with Crippen molar-refractivity contribution >= 4 is 39.9 Å². The van der Waals surface area contributed by atoms with Gasteiger partial charge in [-0.1, -0.05) is 0 Å². The molecule has 0 bridgehead atoms. The molecule has 6 nitrogen and oxygen atoms in total. The molecule has 0 aromatic carbocycles. The zero-order valence-corrected chi connectivity index (χ0v) is 8.06. The monoisotopic (exact) mass is 238 g/mol. The fourth-order valence-electron chi connectivity index (χ4n) is 0.137. The Hall–Kier alpha value is 0.520. The Morgan fingerprint density at radius 3 is 1.36 bits per heavy atom.